The summed E-state index contributed by atoms with van der Waals surface area (Å²) < 4.78 is 11.8. The molecular formula is C18H33NO3. The molecule has 0 amide bonds. The average molecular weight is 311 g/mol. The molecule has 0 aromatic heterocycles. The molecule has 2 saturated heterocycles. The summed E-state index contributed by atoms with van der Waals surface area (Å²) in [6.45, 7) is 4.68. The molecular weight excluding hydrogens is 278 g/mol. The molecule has 22 heavy (non-hydrogen) atoms. The van der Waals surface area contributed by atoms with Crippen molar-refractivity contribution in [2.75, 3.05) is 32.8 Å². The zero-order valence-electron chi connectivity index (χ0n) is 14.0. The standard InChI is InChI=1S/C18H33NO3/c20-18(9-3-1-4-10-18)15-19-11-7-16(8-12-19)22-14-17-6-2-5-13-21-17/h16-17,20H,1-15H2. The number of ether oxygens (including phenoxy) is 2. The Bertz CT molecular complexity index is 316. The van der Waals surface area contributed by atoms with Crippen LogP contribution in [0.3, 0.4) is 0 Å². The average Bonchev–Trinajstić information content (AvgIpc) is 2.55. The summed E-state index contributed by atoms with van der Waals surface area (Å²) in [7, 11) is 0. The number of nitrogens with zero attached hydrogens (tertiary/aromatic N) is 1. The van der Waals surface area contributed by atoms with Crippen LogP contribution in [-0.4, -0.2) is 60.7 Å². The van der Waals surface area contributed by atoms with Crippen molar-refractivity contribution in [3.63, 3.8) is 0 Å². The van der Waals surface area contributed by atoms with Crippen LogP contribution in [0, 0.1) is 0 Å². The lowest BCUT2D eigenvalue weighted by Crippen LogP contribution is -2.48. The van der Waals surface area contributed by atoms with E-state index in [1.807, 2.05) is 0 Å². The molecule has 3 rings (SSSR count). The van der Waals surface area contributed by atoms with Gasteiger partial charge in [0.15, 0.2) is 0 Å². The van der Waals surface area contributed by atoms with Gasteiger partial charge < -0.3 is 19.5 Å². The van der Waals surface area contributed by atoms with Crippen LogP contribution in [0.4, 0.5) is 0 Å². The first-order chi connectivity index (χ1) is 10.7. The normalized spacial score (nSPS) is 31.2. The quantitative estimate of drug-likeness (QED) is 0.848. The van der Waals surface area contributed by atoms with Crippen LogP contribution in [0.5, 0.6) is 0 Å². The molecule has 4 nitrogen and oxygen atoms in total. The molecule has 3 fully saturated rings. The van der Waals surface area contributed by atoms with E-state index in [2.05, 4.69) is 4.90 Å². The Morgan fingerprint density at radius 2 is 1.77 bits per heavy atom. The molecule has 0 aromatic carbocycles. The maximum atomic E-state index is 10.7. The van der Waals surface area contributed by atoms with E-state index in [1.54, 1.807) is 0 Å². The van der Waals surface area contributed by atoms with Crippen molar-refractivity contribution < 1.29 is 14.6 Å². The monoisotopic (exact) mass is 311 g/mol. The molecule has 0 bridgehead atoms. The maximum Gasteiger partial charge on any atom is 0.0808 e. The predicted molar refractivity (Wildman–Crippen MR) is 87.0 cm³/mol. The number of rotatable bonds is 5. The summed E-state index contributed by atoms with van der Waals surface area (Å²) in [5.41, 5.74) is -0.415. The molecule has 1 saturated carbocycles. The molecule has 2 aliphatic heterocycles. The molecule has 1 aliphatic carbocycles. The highest BCUT2D eigenvalue weighted by Crippen LogP contribution is 2.30. The minimum absolute atomic E-state index is 0.328. The van der Waals surface area contributed by atoms with Crippen LogP contribution >= 0.6 is 0 Å². The Morgan fingerprint density at radius 3 is 2.45 bits per heavy atom. The van der Waals surface area contributed by atoms with Crippen molar-refractivity contribution >= 4 is 0 Å². The summed E-state index contributed by atoms with van der Waals surface area (Å²) >= 11 is 0. The topological polar surface area (TPSA) is 41.9 Å². The lowest BCUT2D eigenvalue weighted by molar-refractivity contribution is -0.0829. The Kier molecular flexibility index (Phi) is 6.14. The zero-order chi connectivity index (χ0) is 15.3. The van der Waals surface area contributed by atoms with Crippen LogP contribution in [0.1, 0.15) is 64.2 Å². The van der Waals surface area contributed by atoms with Crippen molar-refractivity contribution in [3.05, 3.63) is 0 Å². The van der Waals surface area contributed by atoms with Gasteiger partial charge in [0, 0.05) is 26.2 Å². The lowest BCUT2D eigenvalue weighted by atomic mass is 9.84. The summed E-state index contributed by atoms with van der Waals surface area (Å²) in [4.78, 5) is 2.45. The van der Waals surface area contributed by atoms with Crippen LogP contribution in [0.15, 0.2) is 0 Å². The van der Waals surface area contributed by atoms with E-state index in [1.165, 1.54) is 32.1 Å². The number of likely N-dealkylation sites (tertiary alicyclic amines) is 1. The van der Waals surface area contributed by atoms with Crippen LogP contribution in [-0.2, 0) is 9.47 Å². The van der Waals surface area contributed by atoms with Gasteiger partial charge in [-0.3, -0.25) is 0 Å². The van der Waals surface area contributed by atoms with E-state index in [0.29, 0.717) is 12.2 Å². The van der Waals surface area contributed by atoms with Gasteiger partial charge in [-0.1, -0.05) is 19.3 Å². The van der Waals surface area contributed by atoms with E-state index >= 15 is 0 Å². The van der Waals surface area contributed by atoms with Crippen molar-refractivity contribution in [2.24, 2.45) is 0 Å². The van der Waals surface area contributed by atoms with Gasteiger partial charge >= 0.3 is 0 Å². The van der Waals surface area contributed by atoms with Gasteiger partial charge in [0.05, 0.1) is 24.4 Å². The van der Waals surface area contributed by atoms with Crippen molar-refractivity contribution in [3.8, 4) is 0 Å². The number of aliphatic hydroxyl groups is 1. The smallest absolute Gasteiger partial charge is 0.0808 e. The minimum Gasteiger partial charge on any atom is -0.389 e. The van der Waals surface area contributed by atoms with Gasteiger partial charge in [0.25, 0.3) is 0 Å². The molecule has 0 spiro atoms. The molecule has 3 aliphatic rings. The molecule has 128 valence electrons. The first-order valence-electron chi connectivity index (χ1n) is 9.41. The number of hydrogen-bond donors (Lipinski definition) is 1. The third-order valence-electron chi connectivity index (χ3n) is 5.63. The minimum atomic E-state index is -0.415. The van der Waals surface area contributed by atoms with Crippen LogP contribution < -0.4 is 0 Å². The summed E-state index contributed by atoms with van der Waals surface area (Å²) in [6, 6.07) is 0. The van der Waals surface area contributed by atoms with Crippen molar-refractivity contribution in [2.45, 2.75) is 82.0 Å². The second-order valence-electron chi connectivity index (χ2n) is 7.58. The van der Waals surface area contributed by atoms with E-state index in [0.717, 1.165) is 65.0 Å². The fraction of sp³-hybridized carbons (Fsp3) is 1.00. The Morgan fingerprint density at radius 1 is 1.00 bits per heavy atom. The third kappa shape index (κ3) is 4.92. The molecule has 0 aromatic rings. The molecule has 1 unspecified atom stereocenters. The zero-order valence-corrected chi connectivity index (χ0v) is 14.0. The molecule has 2 heterocycles. The lowest BCUT2D eigenvalue weighted by Gasteiger charge is -2.40. The Hall–Kier alpha value is -0.160. The largest absolute Gasteiger partial charge is 0.389 e. The fourth-order valence-electron chi connectivity index (χ4n) is 4.20. The van der Waals surface area contributed by atoms with Gasteiger partial charge in [-0.2, -0.15) is 0 Å². The maximum absolute atomic E-state index is 10.7. The highest BCUT2D eigenvalue weighted by Gasteiger charge is 2.32. The number of hydrogen-bond acceptors (Lipinski definition) is 4. The summed E-state index contributed by atoms with van der Waals surface area (Å²) in [5.74, 6) is 0. The summed E-state index contributed by atoms with van der Waals surface area (Å²) in [5, 5.41) is 10.7. The predicted octanol–water partition coefficient (Wildman–Crippen LogP) is 2.73. The first-order valence-corrected chi connectivity index (χ1v) is 9.41. The van der Waals surface area contributed by atoms with E-state index < -0.39 is 5.60 Å². The highest BCUT2D eigenvalue weighted by molar-refractivity contribution is 4.87. The van der Waals surface area contributed by atoms with E-state index in [9.17, 15) is 5.11 Å². The van der Waals surface area contributed by atoms with Gasteiger partial charge in [-0.25, -0.2) is 0 Å². The SMILES string of the molecule is OC1(CN2CCC(OCC3CCCCO3)CC2)CCCCC1. The van der Waals surface area contributed by atoms with E-state index in [4.69, 9.17) is 9.47 Å². The molecule has 1 N–H and O–H groups in total. The van der Waals surface area contributed by atoms with Gasteiger partial charge in [-0.05, 0) is 44.9 Å². The van der Waals surface area contributed by atoms with Crippen LogP contribution in [0.2, 0.25) is 0 Å². The Labute approximate surface area is 135 Å². The highest BCUT2D eigenvalue weighted by atomic mass is 16.5. The molecule has 1 atom stereocenters. The molecule has 4 heteroatoms. The van der Waals surface area contributed by atoms with Crippen molar-refractivity contribution in [1.29, 1.82) is 0 Å². The second-order valence-corrected chi connectivity index (χ2v) is 7.58. The van der Waals surface area contributed by atoms with Gasteiger partial charge in [-0.15, -0.1) is 0 Å². The number of β-amino-alcohol motifs (C(OH)–C–C–N with tert-alkyl or cyclic N) is 1. The van der Waals surface area contributed by atoms with Crippen molar-refractivity contribution in [1.82, 2.24) is 4.90 Å². The van der Waals surface area contributed by atoms with Gasteiger partial charge in [0.2, 0.25) is 0 Å². The summed E-state index contributed by atoms with van der Waals surface area (Å²) in [6.07, 6.45) is 12.2. The second kappa shape index (κ2) is 8.09. The van der Waals surface area contributed by atoms with E-state index in [-0.39, 0.29) is 0 Å². The Balaban J connectivity index is 1.33. The van der Waals surface area contributed by atoms with Gasteiger partial charge in [0.1, 0.15) is 0 Å². The first kappa shape index (κ1) is 16.7. The third-order valence-corrected chi connectivity index (χ3v) is 5.63. The molecule has 0 radical (unpaired) electrons. The fourth-order valence-corrected chi connectivity index (χ4v) is 4.20. The van der Waals surface area contributed by atoms with Crippen LogP contribution in [0.25, 0.3) is 0 Å². The number of piperidine rings is 1.